The Balaban J connectivity index is 2.02. The lowest BCUT2D eigenvalue weighted by atomic mass is 10.3. The van der Waals surface area contributed by atoms with Crippen LogP contribution < -0.4 is 10.0 Å². The number of para-hydroxylation sites is 1. The monoisotopic (exact) mass is 488 g/mol. The van der Waals surface area contributed by atoms with E-state index in [4.69, 9.17) is 4.74 Å². The number of rotatable bonds is 8. The van der Waals surface area contributed by atoms with E-state index in [2.05, 4.69) is 21.2 Å². The molecule has 0 spiro atoms. The first-order chi connectivity index (χ1) is 13.6. The number of aliphatic hydroxyl groups excluding tert-OH is 1. The molecular weight excluding hydrogens is 471 g/mol. The van der Waals surface area contributed by atoms with Gasteiger partial charge >= 0.3 is 5.97 Å². The fraction of sp³-hybridized carbons (Fsp3) is 0.222. The Morgan fingerprint density at radius 1 is 1.17 bits per heavy atom. The van der Waals surface area contributed by atoms with Gasteiger partial charge in [0.15, 0.2) is 6.10 Å². The molecule has 11 heteroatoms. The maximum absolute atomic E-state index is 13.6. The summed E-state index contributed by atoms with van der Waals surface area (Å²) in [5.41, 5.74) is -0.102. The van der Waals surface area contributed by atoms with Gasteiger partial charge in [-0.1, -0.05) is 28.1 Å². The topological polar surface area (TPSA) is 122 Å². The zero-order chi connectivity index (χ0) is 21.6. The number of halogens is 2. The number of carbonyl (C=O) groups excluding carboxylic acids is 2. The predicted octanol–water partition coefficient (Wildman–Crippen LogP) is 1.80. The predicted molar refractivity (Wildman–Crippen MR) is 106 cm³/mol. The third kappa shape index (κ3) is 6.32. The number of ether oxygens (including phenoxy) is 1. The summed E-state index contributed by atoms with van der Waals surface area (Å²) in [4.78, 5) is 24.2. The van der Waals surface area contributed by atoms with Crippen LogP contribution in [0.1, 0.15) is 6.92 Å². The van der Waals surface area contributed by atoms with Crippen molar-refractivity contribution < 1.29 is 32.2 Å². The number of carbonyl (C=O) groups is 2. The minimum absolute atomic E-state index is 0.102. The Kier molecular flexibility index (Phi) is 7.85. The van der Waals surface area contributed by atoms with Crippen molar-refractivity contribution in [3.05, 3.63) is 58.8 Å². The fourth-order valence-electron chi connectivity index (χ4n) is 2.14. The molecule has 156 valence electrons. The van der Waals surface area contributed by atoms with Crippen molar-refractivity contribution in [2.75, 3.05) is 11.9 Å². The van der Waals surface area contributed by atoms with E-state index in [1.165, 1.54) is 49.4 Å². The van der Waals surface area contributed by atoms with Crippen molar-refractivity contribution in [2.24, 2.45) is 0 Å². The summed E-state index contributed by atoms with van der Waals surface area (Å²) in [5, 5.41) is 11.6. The van der Waals surface area contributed by atoms with E-state index in [1.807, 2.05) is 4.72 Å². The number of anilines is 1. The van der Waals surface area contributed by atoms with E-state index in [1.54, 1.807) is 0 Å². The van der Waals surface area contributed by atoms with Crippen molar-refractivity contribution in [1.29, 1.82) is 0 Å². The summed E-state index contributed by atoms with van der Waals surface area (Å²) in [7, 11) is -4.13. The standard InChI is InChI=1S/C18H18BrFN2O6S/c1-11(17(24)21-15-5-3-2-4-14(15)20)28-18(25)16(10-23)22-29(26,27)13-8-6-12(19)7-9-13/h2-9,11,16,22-23H,10H2,1H3,(H,21,24). The Bertz CT molecular complexity index is 984. The highest BCUT2D eigenvalue weighted by atomic mass is 79.9. The molecule has 0 saturated heterocycles. The van der Waals surface area contributed by atoms with Gasteiger partial charge < -0.3 is 15.2 Å². The van der Waals surface area contributed by atoms with Gasteiger partial charge in [-0.3, -0.25) is 9.59 Å². The molecule has 0 fully saturated rings. The Labute approximate surface area is 175 Å². The zero-order valence-electron chi connectivity index (χ0n) is 15.1. The molecule has 0 bridgehead atoms. The molecule has 2 aromatic carbocycles. The number of benzene rings is 2. The van der Waals surface area contributed by atoms with Gasteiger partial charge in [0, 0.05) is 4.47 Å². The van der Waals surface area contributed by atoms with Gasteiger partial charge in [0.25, 0.3) is 5.91 Å². The van der Waals surface area contributed by atoms with Gasteiger partial charge in [-0.15, -0.1) is 0 Å². The Hall–Kier alpha value is -2.34. The molecule has 0 aliphatic carbocycles. The lowest BCUT2D eigenvalue weighted by molar-refractivity contribution is -0.155. The number of hydrogen-bond donors (Lipinski definition) is 3. The Morgan fingerprint density at radius 2 is 1.79 bits per heavy atom. The van der Waals surface area contributed by atoms with E-state index in [-0.39, 0.29) is 10.6 Å². The first-order valence-electron chi connectivity index (χ1n) is 8.28. The average Bonchev–Trinajstić information content (AvgIpc) is 2.68. The zero-order valence-corrected chi connectivity index (χ0v) is 17.5. The molecule has 0 saturated carbocycles. The largest absolute Gasteiger partial charge is 0.451 e. The summed E-state index contributed by atoms with van der Waals surface area (Å²) in [6, 6.07) is 9.38. The number of hydrogen-bond acceptors (Lipinski definition) is 6. The summed E-state index contributed by atoms with van der Waals surface area (Å²) in [6.07, 6.45) is -1.37. The quantitative estimate of drug-likeness (QED) is 0.487. The molecule has 8 nitrogen and oxygen atoms in total. The third-order valence-electron chi connectivity index (χ3n) is 3.68. The van der Waals surface area contributed by atoms with Crippen LogP contribution in [0.15, 0.2) is 57.9 Å². The van der Waals surface area contributed by atoms with Gasteiger partial charge in [-0.25, -0.2) is 12.8 Å². The number of esters is 1. The molecule has 2 aromatic rings. The van der Waals surface area contributed by atoms with Gasteiger partial charge in [0.1, 0.15) is 11.9 Å². The summed E-state index contributed by atoms with van der Waals surface area (Å²) in [5.74, 6) is -2.66. The van der Waals surface area contributed by atoms with Crippen molar-refractivity contribution in [1.82, 2.24) is 4.72 Å². The molecule has 0 radical (unpaired) electrons. The molecule has 2 unspecified atom stereocenters. The van der Waals surface area contributed by atoms with Crippen molar-refractivity contribution >= 4 is 43.5 Å². The summed E-state index contributed by atoms with van der Waals surface area (Å²) < 4.78 is 45.9. The highest BCUT2D eigenvalue weighted by Crippen LogP contribution is 2.16. The molecule has 0 aromatic heterocycles. The van der Waals surface area contributed by atoms with E-state index >= 15 is 0 Å². The third-order valence-corrected chi connectivity index (χ3v) is 5.70. The Morgan fingerprint density at radius 3 is 2.38 bits per heavy atom. The molecule has 2 atom stereocenters. The van der Waals surface area contributed by atoms with E-state index in [0.29, 0.717) is 4.47 Å². The van der Waals surface area contributed by atoms with E-state index in [0.717, 1.165) is 6.07 Å². The molecular formula is C18H18BrFN2O6S. The first kappa shape index (κ1) is 22.9. The minimum atomic E-state index is -4.13. The molecule has 29 heavy (non-hydrogen) atoms. The van der Waals surface area contributed by atoms with Crippen LogP contribution in [0.2, 0.25) is 0 Å². The summed E-state index contributed by atoms with van der Waals surface area (Å²) >= 11 is 3.18. The molecule has 1 amide bonds. The van der Waals surface area contributed by atoms with Crippen molar-refractivity contribution in [3.8, 4) is 0 Å². The maximum atomic E-state index is 13.6. The number of sulfonamides is 1. The molecule has 0 heterocycles. The van der Waals surface area contributed by atoms with Crippen molar-refractivity contribution in [3.63, 3.8) is 0 Å². The average molecular weight is 489 g/mol. The number of nitrogens with one attached hydrogen (secondary N) is 2. The molecule has 2 rings (SSSR count). The van der Waals surface area contributed by atoms with Crippen LogP contribution in [-0.2, 0) is 24.3 Å². The number of amides is 1. The van der Waals surface area contributed by atoms with Crippen LogP contribution in [0, 0.1) is 5.82 Å². The highest BCUT2D eigenvalue weighted by Gasteiger charge is 2.29. The minimum Gasteiger partial charge on any atom is -0.451 e. The smallest absolute Gasteiger partial charge is 0.327 e. The second-order valence-corrected chi connectivity index (χ2v) is 8.49. The second-order valence-electron chi connectivity index (χ2n) is 5.86. The molecule has 0 aliphatic heterocycles. The SMILES string of the molecule is CC(OC(=O)C(CO)NS(=O)(=O)c1ccc(Br)cc1)C(=O)Nc1ccccc1F. The van der Waals surface area contributed by atoms with E-state index in [9.17, 15) is 27.5 Å². The number of aliphatic hydroxyl groups is 1. The second kappa shape index (κ2) is 9.92. The molecule has 0 aliphatic rings. The van der Waals surface area contributed by atoms with Crippen LogP contribution in [0.25, 0.3) is 0 Å². The van der Waals surface area contributed by atoms with Gasteiger partial charge in [-0.05, 0) is 43.3 Å². The van der Waals surface area contributed by atoms with E-state index < -0.39 is 46.5 Å². The van der Waals surface area contributed by atoms with Crippen molar-refractivity contribution in [2.45, 2.75) is 24.0 Å². The van der Waals surface area contributed by atoms with Crippen LogP contribution in [0.3, 0.4) is 0 Å². The van der Waals surface area contributed by atoms with Gasteiger partial charge in [0.2, 0.25) is 10.0 Å². The van der Waals surface area contributed by atoms with Crippen LogP contribution >= 0.6 is 15.9 Å². The van der Waals surface area contributed by atoms with Crippen LogP contribution in [0.5, 0.6) is 0 Å². The first-order valence-corrected chi connectivity index (χ1v) is 10.6. The normalized spacial score (nSPS) is 13.4. The van der Waals surface area contributed by atoms with Gasteiger partial charge in [0.05, 0.1) is 17.2 Å². The maximum Gasteiger partial charge on any atom is 0.327 e. The lowest BCUT2D eigenvalue weighted by Gasteiger charge is -2.19. The highest BCUT2D eigenvalue weighted by molar-refractivity contribution is 9.10. The molecule has 3 N–H and O–H groups in total. The lowest BCUT2D eigenvalue weighted by Crippen LogP contribution is -2.46. The fourth-order valence-corrected chi connectivity index (χ4v) is 3.58. The van der Waals surface area contributed by atoms with Gasteiger partial charge in [-0.2, -0.15) is 4.72 Å². The van der Waals surface area contributed by atoms with Crippen LogP contribution in [0.4, 0.5) is 10.1 Å². The van der Waals surface area contributed by atoms with Crippen LogP contribution in [-0.4, -0.2) is 44.2 Å². The summed E-state index contributed by atoms with van der Waals surface area (Å²) in [6.45, 7) is 0.335.